The molecule has 0 bridgehead atoms. The molecule has 1 aliphatic carbocycles. The quantitative estimate of drug-likeness (QED) is 0.762. The second kappa shape index (κ2) is 6.08. The maximum Gasteiger partial charge on any atom is 0.338 e. The molecule has 2 nitrogen and oxygen atoms in total. The van der Waals surface area contributed by atoms with E-state index < -0.39 is 0 Å². The van der Waals surface area contributed by atoms with Gasteiger partial charge in [-0.1, -0.05) is 49.6 Å². The Bertz CT molecular complexity index is 597. The SMILES string of the molecule is O=C(OCC1CCCCC1)c1ccc2ccccc2c1. The molecule has 0 spiro atoms. The van der Waals surface area contributed by atoms with E-state index in [9.17, 15) is 4.79 Å². The van der Waals surface area contributed by atoms with Gasteiger partial charge in [0.1, 0.15) is 0 Å². The molecule has 1 saturated carbocycles. The number of ether oxygens (including phenoxy) is 1. The lowest BCUT2D eigenvalue weighted by Crippen LogP contribution is -2.16. The highest BCUT2D eigenvalue weighted by Gasteiger charge is 2.16. The van der Waals surface area contributed by atoms with Crippen LogP contribution in [0.4, 0.5) is 0 Å². The molecule has 0 unspecified atom stereocenters. The van der Waals surface area contributed by atoms with Gasteiger partial charge in [-0.3, -0.25) is 0 Å². The number of fused-ring (bicyclic) bond motifs is 1. The number of rotatable bonds is 3. The van der Waals surface area contributed by atoms with Crippen LogP contribution in [0.15, 0.2) is 42.5 Å². The first-order valence-corrected chi connectivity index (χ1v) is 7.49. The molecule has 1 aliphatic rings. The molecule has 0 N–H and O–H groups in total. The lowest BCUT2D eigenvalue weighted by atomic mass is 9.90. The Morgan fingerprint density at radius 1 is 1.00 bits per heavy atom. The fourth-order valence-electron chi connectivity index (χ4n) is 2.95. The van der Waals surface area contributed by atoms with Gasteiger partial charge in [0, 0.05) is 0 Å². The van der Waals surface area contributed by atoms with Crippen molar-refractivity contribution >= 4 is 16.7 Å². The molecule has 0 radical (unpaired) electrons. The fraction of sp³-hybridized carbons (Fsp3) is 0.389. The summed E-state index contributed by atoms with van der Waals surface area (Å²) in [6, 6.07) is 13.8. The van der Waals surface area contributed by atoms with Crippen molar-refractivity contribution in [2.75, 3.05) is 6.61 Å². The largest absolute Gasteiger partial charge is 0.462 e. The van der Waals surface area contributed by atoms with Crippen LogP contribution in [0.25, 0.3) is 10.8 Å². The van der Waals surface area contributed by atoms with Gasteiger partial charge in [0.2, 0.25) is 0 Å². The van der Waals surface area contributed by atoms with Crippen LogP contribution in [0.5, 0.6) is 0 Å². The average molecular weight is 268 g/mol. The Morgan fingerprint density at radius 2 is 1.75 bits per heavy atom. The highest BCUT2D eigenvalue weighted by Crippen LogP contribution is 2.24. The van der Waals surface area contributed by atoms with Gasteiger partial charge in [-0.2, -0.15) is 0 Å². The van der Waals surface area contributed by atoms with Crippen molar-refractivity contribution in [3.8, 4) is 0 Å². The molecule has 0 amide bonds. The zero-order valence-corrected chi connectivity index (χ0v) is 11.7. The summed E-state index contributed by atoms with van der Waals surface area (Å²) in [5, 5.41) is 2.23. The standard InChI is InChI=1S/C18H20O2/c19-18(20-13-14-6-2-1-3-7-14)17-11-10-15-8-4-5-9-16(15)12-17/h4-5,8-12,14H,1-3,6-7,13H2. The van der Waals surface area contributed by atoms with Crippen molar-refractivity contribution in [1.82, 2.24) is 0 Å². The van der Waals surface area contributed by atoms with E-state index in [4.69, 9.17) is 4.74 Å². The lowest BCUT2D eigenvalue weighted by molar-refractivity contribution is 0.0410. The highest BCUT2D eigenvalue weighted by atomic mass is 16.5. The first-order chi connectivity index (χ1) is 9.83. The third-order valence-electron chi connectivity index (χ3n) is 4.16. The zero-order valence-electron chi connectivity index (χ0n) is 11.7. The van der Waals surface area contributed by atoms with Gasteiger partial charge in [0.05, 0.1) is 12.2 Å². The number of esters is 1. The normalized spacial score (nSPS) is 16.2. The minimum absolute atomic E-state index is 0.193. The van der Waals surface area contributed by atoms with Gasteiger partial charge < -0.3 is 4.74 Å². The lowest BCUT2D eigenvalue weighted by Gasteiger charge is -2.21. The number of benzene rings is 2. The maximum absolute atomic E-state index is 12.1. The van der Waals surface area contributed by atoms with Crippen LogP contribution in [0.3, 0.4) is 0 Å². The van der Waals surface area contributed by atoms with Crippen molar-refractivity contribution in [2.24, 2.45) is 5.92 Å². The second-order valence-electron chi connectivity index (χ2n) is 5.66. The van der Waals surface area contributed by atoms with Gasteiger partial charge in [0.25, 0.3) is 0 Å². The van der Waals surface area contributed by atoms with Gasteiger partial charge in [0.15, 0.2) is 0 Å². The third-order valence-corrected chi connectivity index (χ3v) is 4.16. The second-order valence-corrected chi connectivity index (χ2v) is 5.66. The topological polar surface area (TPSA) is 26.3 Å². The summed E-state index contributed by atoms with van der Waals surface area (Å²) in [5.41, 5.74) is 0.652. The average Bonchev–Trinajstić information content (AvgIpc) is 2.53. The smallest absolute Gasteiger partial charge is 0.338 e. The summed E-state index contributed by atoms with van der Waals surface area (Å²) < 4.78 is 5.48. The molecule has 2 heteroatoms. The molecule has 0 atom stereocenters. The molecule has 0 aromatic heterocycles. The first-order valence-electron chi connectivity index (χ1n) is 7.49. The predicted molar refractivity (Wildman–Crippen MR) is 80.8 cm³/mol. The minimum Gasteiger partial charge on any atom is -0.462 e. The maximum atomic E-state index is 12.1. The number of hydrogen-bond donors (Lipinski definition) is 0. The summed E-state index contributed by atoms with van der Waals surface area (Å²) in [6.45, 7) is 0.575. The van der Waals surface area contributed by atoms with E-state index in [-0.39, 0.29) is 5.97 Å². The zero-order chi connectivity index (χ0) is 13.8. The first kappa shape index (κ1) is 13.2. The molecule has 3 rings (SSSR count). The van der Waals surface area contributed by atoms with Crippen molar-refractivity contribution in [2.45, 2.75) is 32.1 Å². The van der Waals surface area contributed by atoms with Crippen molar-refractivity contribution in [3.63, 3.8) is 0 Å². The summed E-state index contributed by atoms with van der Waals surface area (Å²) in [7, 11) is 0. The number of carbonyl (C=O) groups is 1. The van der Waals surface area contributed by atoms with Crippen LogP contribution in [0.2, 0.25) is 0 Å². The molecule has 20 heavy (non-hydrogen) atoms. The summed E-state index contributed by atoms with van der Waals surface area (Å²) >= 11 is 0. The van der Waals surface area contributed by atoms with Crippen LogP contribution >= 0.6 is 0 Å². The van der Waals surface area contributed by atoms with E-state index in [0.717, 1.165) is 10.8 Å². The molecule has 104 valence electrons. The monoisotopic (exact) mass is 268 g/mol. The number of carbonyl (C=O) groups excluding carboxylic acids is 1. The molecule has 0 saturated heterocycles. The summed E-state index contributed by atoms with van der Waals surface area (Å²) in [5.74, 6) is 0.370. The minimum atomic E-state index is -0.193. The Hall–Kier alpha value is -1.83. The van der Waals surface area contributed by atoms with Crippen molar-refractivity contribution in [3.05, 3.63) is 48.0 Å². The molecule has 2 aromatic carbocycles. The van der Waals surface area contributed by atoms with Gasteiger partial charge in [-0.05, 0) is 41.7 Å². The molecule has 2 aromatic rings. The molecular weight excluding hydrogens is 248 g/mol. The molecular formula is C18H20O2. The Labute approximate surface area is 119 Å². The molecule has 1 fully saturated rings. The fourth-order valence-corrected chi connectivity index (χ4v) is 2.95. The highest BCUT2D eigenvalue weighted by molar-refractivity contribution is 5.95. The Balaban J connectivity index is 1.65. The Morgan fingerprint density at radius 3 is 2.55 bits per heavy atom. The predicted octanol–water partition coefficient (Wildman–Crippen LogP) is 4.58. The van der Waals surface area contributed by atoms with Gasteiger partial charge in [-0.15, -0.1) is 0 Å². The molecule has 0 heterocycles. The van der Waals surface area contributed by atoms with Crippen LogP contribution in [-0.2, 0) is 4.74 Å². The van der Waals surface area contributed by atoms with E-state index in [0.29, 0.717) is 18.1 Å². The molecule has 0 aliphatic heterocycles. The van der Waals surface area contributed by atoms with Crippen LogP contribution in [0.1, 0.15) is 42.5 Å². The Kier molecular flexibility index (Phi) is 4.00. The van der Waals surface area contributed by atoms with Gasteiger partial charge >= 0.3 is 5.97 Å². The third kappa shape index (κ3) is 3.01. The van der Waals surface area contributed by atoms with Crippen molar-refractivity contribution in [1.29, 1.82) is 0 Å². The van der Waals surface area contributed by atoms with E-state index in [1.165, 1.54) is 32.1 Å². The van der Waals surface area contributed by atoms with Crippen molar-refractivity contribution < 1.29 is 9.53 Å². The summed E-state index contributed by atoms with van der Waals surface area (Å²) in [6.07, 6.45) is 6.28. The van der Waals surface area contributed by atoms with E-state index in [1.807, 2.05) is 42.5 Å². The van der Waals surface area contributed by atoms with Crippen LogP contribution in [0, 0.1) is 5.92 Å². The summed E-state index contributed by atoms with van der Waals surface area (Å²) in [4.78, 5) is 12.1. The van der Waals surface area contributed by atoms with E-state index >= 15 is 0 Å². The van der Waals surface area contributed by atoms with E-state index in [1.54, 1.807) is 0 Å². The van der Waals surface area contributed by atoms with E-state index in [2.05, 4.69) is 0 Å². The van der Waals surface area contributed by atoms with Crippen LogP contribution < -0.4 is 0 Å². The number of hydrogen-bond acceptors (Lipinski definition) is 2. The van der Waals surface area contributed by atoms with Crippen LogP contribution in [-0.4, -0.2) is 12.6 Å². The van der Waals surface area contributed by atoms with Gasteiger partial charge in [-0.25, -0.2) is 4.79 Å².